The first-order chi connectivity index (χ1) is 9.97. The molecule has 2 aromatic rings. The average Bonchev–Trinajstić information content (AvgIpc) is 2.90. The number of carbonyl (C=O) groups is 1. The molecule has 0 aromatic heterocycles. The van der Waals surface area contributed by atoms with Crippen LogP contribution in [0.4, 0.5) is 0 Å². The van der Waals surface area contributed by atoms with E-state index in [9.17, 15) is 4.79 Å². The lowest BCUT2D eigenvalue weighted by Gasteiger charge is -2.19. The molecule has 1 nitrogen and oxygen atoms in total. The van der Waals surface area contributed by atoms with E-state index >= 15 is 0 Å². The lowest BCUT2D eigenvalue weighted by Crippen LogP contribution is -2.14. The minimum atomic E-state index is 0.00619. The molecule has 0 saturated heterocycles. The standard InChI is InChI=1S/C19H20OS/c1-19(2,3)14-10-8-13(9-11-14)18(20)16-12-21-17-7-5-4-6-15(16)17/h4-11,16H,12H2,1-3H3. The van der Waals surface area contributed by atoms with E-state index < -0.39 is 0 Å². The minimum absolute atomic E-state index is 0.00619. The normalized spacial score (nSPS) is 17.6. The highest BCUT2D eigenvalue weighted by atomic mass is 32.2. The fourth-order valence-electron chi connectivity index (χ4n) is 2.72. The molecule has 0 spiro atoms. The predicted octanol–water partition coefficient (Wildman–Crippen LogP) is 5.06. The molecule has 1 aliphatic rings. The number of carbonyl (C=O) groups excluding carboxylic acids is 1. The SMILES string of the molecule is CC(C)(C)c1ccc(C(=O)C2CSc3ccccc32)cc1. The summed E-state index contributed by atoms with van der Waals surface area (Å²) in [6, 6.07) is 16.4. The van der Waals surface area contributed by atoms with E-state index in [1.54, 1.807) is 11.8 Å². The van der Waals surface area contributed by atoms with Crippen LogP contribution in [0.2, 0.25) is 0 Å². The molecule has 0 fully saturated rings. The van der Waals surface area contributed by atoms with Crippen molar-refractivity contribution in [2.45, 2.75) is 37.0 Å². The van der Waals surface area contributed by atoms with Crippen molar-refractivity contribution in [3.63, 3.8) is 0 Å². The van der Waals surface area contributed by atoms with E-state index in [4.69, 9.17) is 0 Å². The third kappa shape index (κ3) is 2.77. The number of rotatable bonds is 2. The third-order valence-electron chi connectivity index (χ3n) is 4.05. The summed E-state index contributed by atoms with van der Waals surface area (Å²) in [6.45, 7) is 6.56. The van der Waals surface area contributed by atoms with Crippen molar-refractivity contribution < 1.29 is 4.79 Å². The van der Waals surface area contributed by atoms with Gasteiger partial charge in [0.15, 0.2) is 5.78 Å². The number of benzene rings is 2. The molecular formula is C19H20OS. The Balaban J connectivity index is 1.87. The van der Waals surface area contributed by atoms with Crippen LogP contribution in [-0.4, -0.2) is 11.5 Å². The Labute approximate surface area is 130 Å². The lowest BCUT2D eigenvalue weighted by atomic mass is 9.85. The molecule has 0 amide bonds. The van der Waals surface area contributed by atoms with Crippen LogP contribution in [0.1, 0.15) is 48.2 Å². The summed E-state index contributed by atoms with van der Waals surface area (Å²) in [4.78, 5) is 14.0. The zero-order valence-electron chi connectivity index (χ0n) is 12.7. The summed E-state index contributed by atoms with van der Waals surface area (Å²) >= 11 is 1.79. The van der Waals surface area contributed by atoms with E-state index in [-0.39, 0.29) is 17.1 Å². The Kier molecular flexibility index (Phi) is 3.66. The third-order valence-corrected chi connectivity index (χ3v) is 5.23. The van der Waals surface area contributed by atoms with Crippen LogP contribution in [-0.2, 0) is 5.41 Å². The highest BCUT2D eigenvalue weighted by molar-refractivity contribution is 7.99. The van der Waals surface area contributed by atoms with Crippen LogP contribution in [0.3, 0.4) is 0 Å². The molecule has 0 radical (unpaired) electrons. The summed E-state index contributed by atoms with van der Waals surface area (Å²) in [6.07, 6.45) is 0. The van der Waals surface area contributed by atoms with Crippen LogP contribution < -0.4 is 0 Å². The molecule has 108 valence electrons. The van der Waals surface area contributed by atoms with Gasteiger partial charge in [0.05, 0.1) is 5.92 Å². The molecule has 21 heavy (non-hydrogen) atoms. The predicted molar refractivity (Wildman–Crippen MR) is 89.4 cm³/mol. The topological polar surface area (TPSA) is 17.1 Å². The first kappa shape index (κ1) is 14.4. The number of fused-ring (bicyclic) bond motifs is 1. The molecule has 1 aliphatic heterocycles. The molecule has 0 saturated carbocycles. The van der Waals surface area contributed by atoms with Crippen molar-refractivity contribution in [1.29, 1.82) is 0 Å². The maximum absolute atomic E-state index is 12.8. The number of hydrogen-bond acceptors (Lipinski definition) is 2. The van der Waals surface area contributed by atoms with Gasteiger partial charge in [0.1, 0.15) is 0 Å². The van der Waals surface area contributed by atoms with Gasteiger partial charge in [0.25, 0.3) is 0 Å². The van der Waals surface area contributed by atoms with Gasteiger partial charge in [-0.25, -0.2) is 0 Å². The van der Waals surface area contributed by atoms with Crippen molar-refractivity contribution in [3.8, 4) is 0 Å². The van der Waals surface area contributed by atoms with Gasteiger partial charge in [-0.1, -0.05) is 63.2 Å². The van der Waals surface area contributed by atoms with Crippen molar-refractivity contribution in [1.82, 2.24) is 0 Å². The minimum Gasteiger partial charge on any atom is -0.293 e. The van der Waals surface area contributed by atoms with Crippen molar-refractivity contribution in [2.24, 2.45) is 0 Å². The maximum Gasteiger partial charge on any atom is 0.171 e. The first-order valence-corrected chi connectivity index (χ1v) is 8.32. The van der Waals surface area contributed by atoms with Crippen LogP contribution >= 0.6 is 11.8 Å². The Morgan fingerprint density at radius 3 is 2.38 bits per heavy atom. The molecule has 1 unspecified atom stereocenters. The summed E-state index contributed by atoms with van der Waals surface area (Å²) in [7, 11) is 0. The van der Waals surface area contributed by atoms with Crippen molar-refractivity contribution >= 4 is 17.5 Å². The fraction of sp³-hybridized carbons (Fsp3) is 0.316. The number of ketones is 1. The Hall–Kier alpha value is -1.54. The smallest absolute Gasteiger partial charge is 0.171 e. The van der Waals surface area contributed by atoms with Gasteiger partial charge in [-0.2, -0.15) is 0 Å². The van der Waals surface area contributed by atoms with Gasteiger partial charge in [-0.3, -0.25) is 4.79 Å². The zero-order chi connectivity index (χ0) is 15.0. The van der Waals surface area contributed by atoms with Crippen LogP contribution in [0.25, 0.3) is 0 Å². The van der Waals surface area contributed by atoms with Gasteiger partial charge in [-0.15, -0.1) is 11.8 Å². The van der Waals surface area contributed by atoms with E-state index in [1.807, 2.05) is 24.3 Å². The number of Topliss-reactive ketones (excluding diaryl/α,β-unsaturated/α-hetero) is 1. The van der Waals surface area contributed by atoms with Gasteiger partial charge >= 0.3 is 0 Å². The van der Waals surface area contributed by atoms with Gasteiger partial charge in [-0.05, 0) is 22.6 Å². The Morgan fingerprint density at radius 1 is 1.05 bits per heavy atom. The van der Waals surface area contributed by atoms with Crippen LogP contribution in [0.15, 0.2) is 53.4 Å². The Morgan fingerprint density at radius 2 is 1.71 bits per heavy atom. The largest absolute Gasteiger partial charge is 0.293 e. The number of hydrogen-bond donors (Lipinski definition) is 0. The molecule has 2 heteroatoms. The summed E-state index contributed by atoms with van der Waals surface area (Å²) in [5.74, 6) is 1.11. The molecule has 1 heterocycles. The molecule has 3 rings (SSSR count). The van der Waals surface area contributed by atoms with E-state index in [0.29, 0.717) is 0 Å². The second-order valence-corrected chi connectivity index (χ2v) is 7.65. The van der Waals surface area contributed by atoms with Gasteiger partial charge < -0.3 is 0 Å². The Bertz CT molecular complexity index is 665. The fourth-order valence-corrected chi connectivity index (χ4v) is 3.94. The highest BCUT2D eigenvalue weighted by Gasteiger charge is 2.29. The monoisotopic (exact) mass is 296 g/mol. The van der Waals surface area contributed by atoms with Crippen LogP contribution in [0, 0.1) is 0 Å². The molecular weight excluding hydrogens is 276 g/mol. The average molecular weight is 296 g/mol. The summed E-state index contributed by atoms with van der Waals surface area (Å²) in [5, 5.41) is 0. The molecule has 2 aromatic carbocycles. The van der Waals surface area contributed by atoms with Crippen LogP contribution in [0.5, 0.6) is 0 Å². The van der Waals surface area contributed by atoms with E-state index in [1.165, 1.54) is 16.0 Å². The van der Waals surface area contributed by atoms with Gasteiger partial charge in [0, 0.05) is 16.2 Å². The maximum atomic E-state index is 12.8. The quantitative estimate of drug-likeness (QED) is 0.721. The first-order valence-electron chi connectivity index (χ1n) is 7.33. The van der Waals surface area contributed by atoms with Crippen molar-refractivity contribution in [3.05, 3.63) is 65.2 Å². The van der Waals surface area contributed by atoms with Crippen molar-refractivity contribution in [2.75, 3.05) is 5.75 Å². The second-order valence-electron chi connectivity index (χ2n) is 6.59. The van der Waals surface area contributed by atoms with E-state index in [0.717, 1.165) is 11.3 Å². The highest BCUT2D eigenvalue weighted by Crippen LogP contribution is 2.40. The molecule has 0 bridgehead atoms. The van der Waals surface area contributed by atoms with E-state index in [2.05, 4.69) is 45.0 Å². The second kappa shape index (κ2) is 5.34. The summed E-state index contributed by atoms with van der Waals surface area (Å²) in [5.41, 5.74) is 3.40. The van der Waals surface area contributed by atoms with Gasteiger partial charge in [0.2, 0.25) is 0 Å². The lowest BCUT2D eigenvalue weighted by molar-refractivity contribution is 0.0968. The number of thioether (sulfide) groups is 1. The molecule has 0 aliphatic carbocycles. The molecule has 0 N–H and O–H groups in total. The summed E-state index contributed by atoms with van der Waals surface area (Å²) < 4.78 is 0. The zero-order valence-corrected chi connectivity index (χ0v) is 13.5. The molecule has 1 atom stereocenters.